The first kappa shape index (κ1) is 14.2. The number of esters is 1. The van der Waals surface area contributed by atoms with Gasteiger partial charge in [0.05, 0.1) is 7.11 Å². The van der Waals surface area contributed by atoms with E-state index in [2.05, 4.69) is 17.4 Å². The molecular weight excluding hydrogens is 282 g/mol. The molecule has 1 N–H and O–H groups in total. The molecular formula is C17H17NO2S. The van der Waals surface area contributed by atoms with Crippen LogP contribution in [0.4, 0.5) is 0 Å². The maximum absolute atomic E-state index is 12.1. The molecule has 0 aliphatic carbocycles. The van der Waals surface area contributed by atoms with Crippen LogP contribution in [0.1, 0.15) is 23.2 Å². The first-order valence-electron chi connectivity index (χ1n) is 6.90. The summed E-state index contributed by atoms with van der Waals surface area (Å²) in [5.41, 5.74) is 2.19. The molecule has 21 heavy (non-hydrogen) atoms. The predicted octanol–water partition coefficient (Wildman–Crippen LogP) is 3.34. The Kier molecular flexibility index (Phi) is 4.27. The summed E-state index contributed by atoms with van der Waals surface area (Å²) in [5.74, 6) is 0.676. The van der Waals surface area contributed by atoms with Gasteiger partial charge in [-0.15, -0.1) is 11.8 Å². The van der Waals surface area contributed by atoms with Gasteiger partial charge in [0.2, 0.25) is 0 Å². The van der Waals surface area contributed by atoms with Gasteiger partial charge in [-0.25, -0.2) is 4.79 Å². The Balaban J connectivity index is 1.85. The van der Waals surface area contributed by atoms with Crippen molar-refractivity contribution in [1.82, 2.24) is 5.32 Å². The van der Waals surface area contributed by atoms with Crippen molar-refractivity contribution in [3.8, 4) is 0 Å². The Labute approximate surface area is 128 Å². The van der Waals surface area contributed by atoms with E-state index in [9.17, 15) is 4.79 Å². The molecule has 2 aromatic carbocycles. The minimum Gasteiger partial charge on any atom is -0.468 e. The van der Waals surface area contributed by atoms with Crippen LogP contribution >= 0.6 is 11.8 Å². The molecule has 2 aromatic rings. The Morgan fingerprint density at radius 2 is 1.90 bits per heavy atom. The first-order chi connectivity index (χ1) is 10.3. The number of fused-ring (bicyclic) bond motifs is 1. The van der Waals surface area contributed by atoms with Gasteiger partial charge in [-0.1, -0.05) is 48.5 Å². The molecule has 1 heterocycles. The van der Waals surface area contributed by atoms with Crippen molar-refractivity contribution >= 4 is 17.7 Å². The Morgan fingerprint density at radius 1 is 1.19 bits per heavy atom. The molecule has 0 bridgehead atoms. The van der Waals surface area contributed by atoms with Crippen molar-refractivity contribution in [3.05, 3.63) is 65.7 Å². The number of methoxy groups -OCH3 is 1. The Morgan fingerprint density at radius 3 is 2.67 bits per heavy atom. The highest BCUT2D eigenvalue weighted by Crippen LogP contribution is 2.39. The van der Waals surface area contributed by atoms with Crippen LogP contribution in [0.25, 0.3) is 0 Å². The van der Waals surface area contributed by atoms with Gasteiger partial charge in [-0.3, -0.25) is 5.32 Å². The van der Waals surface area contributed by atoms with Crippen LogP contribution < -0.4 is 5.32 Å². The number of benzene rings is 2. The average Bonchev–Trinajstić information content (AvgIpc) is 2.96. The number of carbonyl (C=O) groups excluding carboxylic acids is 1. The summed E-state index contributed by atoms with van der Waals surface area (Å²) < 4.78 is 4.96. The number of carbonyl (C=O) groups is 1. The molecule has 0 aromatic heterocycles. The minimum absolute atomic E-state index is 0.163. The number of rotatable bonds is 4. The predicted molar refractivity (Wildman–Crippen MR) is 84.2 cm³/mol. The van der Waals surface area contributed by atoms with Gasteiger partial charge in [-0.05, 0) is 17.2 Å². The molecule has 4 heteroatoms. The van der Waals surface area contributed by atoms with Crippen molar-refractivity contribution in [2.24, 2.45) is 0 Å². The summed E-state index contributed by atoms with van der Waals surface area (Å²) in [6.07, 6.45) is 0. The van der Waals surface area contributed by atoms with Gasteiger partial charge in [0, 0.05) is 16.7 Å². The number of hydrogen-bond donors (Lipinski definition) is 1. The van der Waals surface area contributed by atoms with Gasteiger partial charge in [-0.2, -0.15) is 0 Å². The molecule has 1 aliphatic rings. The molecule has 0 saturated heterocycles. The van der Waals surface area contributed by atoms with Crippen molar-refractivity contribution < 1.29 is 9.53 Å². The smallest absolute Gasteiger partial charge is 0.327 e. The fraction of sp³-hybridized carbons (Fsp3) is 0.235. The molecule has 0 amide bonds. The van der Waals surface area contributed by atoms with E-state index in [4.69, 9.17) is 4.74 Å². The third kappa shape index (κ3) is 2.96. The van der Waals surface area contributed by atoms with Crippen LogP contribution in [0.15, 0.2) is 59.5 Å². The third-order valence-electron chi connectivity index (χ3n) is 3.64. The standard InChI is InChI=1S/C17H17NO2S/c1-20-17(19)16(12-7-3-2-4-8-12)18-14-11-21-15-10-6-5-9-13(14)15/h2-10,14,16,18H,11H2,1H3. The SMILES string of the molecule is COC(=O)C(NC1CSc2ccccc21)c1ccccc1. The van der Waals surface area contributed by atoms with Crippen LogP contribution in [0.5, 0.6) is 0 Å². The summed E-state index contributed by atoms with van der Waals surface area (Å²) in [6, 6.07) is 17.8. The molecule has 0 radical (unpaired) electrons. The van der Waals surface area contributed by atoms with Gasteiger partial charge >= 0.3 is 5.97 Å². The fourth-order valence-corrected chi connectivity index (χ4v) is 3.74. The lowest BCUT2D eigenvalue weighted by atomic mass is 10.0. The Bertz CT molecular complexity index is 630. The van der Waals surface area contributed by atoms with Crippen molar-refractivity contribution in [2.75, 3.05) is 12.9 Å². The second kappa shape index (κ2) is 6.33. The molecule has 0 saturated carbocycles. The van der Waals surface area contributed by atoms with E-state index < -0.39 is 6.04 Å². The topological polar surface area (TPSA) is 38.3 Å². The largest absolute Gasteiger partial charge is 0.468 e. The molecule has 1 aliphatic heterocycles. The van der Waals surface area contributed by atoms with E-state index in [-0.39, 0.29) is 12.0 Å². The number of thioether (sulfide) groups is 1. The monoisotopic (exact) mass is 299 g/mol. The summed E-state index contributed by atoms with van der Waals surface area (Å²) in [7, 11) is 1.43. The number of ether oxygens (including phenoxy) is 1. The second-order valence-corrected chi connectivity index (χ2v) is 6.00. The molecule has 108 valence electrons. The highest BCUT2D eigenvalue weighted by Gasteiger charge is 2.29. The van der Waals surface area contributed by atoms with Gasteiger partial charge < -0.3 is 4.74 Å². The summed E-state index contributed by atoms with van der Waals surface area (Å²) in [4.78, 5) is 13.4. The van der Waals surface area contributed by atoms with E-state index in [0.29, 0.717) is 0 Å². The molecule has 2 atom stereocenters. The lowest BCUT2D eigenvalue weighted by Crippen LogP contribution is -2.33. The van der Waals surface area contributed by atoms with Gasteiger partial charge in [0.25, 0.3) is 0 Å². The van der Waals surface area contributed by atoms with Crippen LogP contribution in [0, 0.1) is 0 Å². The van der Waals surface area contributed by atoms with E-state index >= 15 is 0 Å². The molecule has 2 unspecified atom stereocenters. The van der Waals surface area contributed by atoms with Crippen molar-refractivity contribution in [3.63, 3.8) is 0 Å². The lowest BCUT2D eigenvalue weighted by molar-refractivity contribution is -0.143. The third-order valence-corrected chi connectivity index (χ3v) is 4.82. The van der Waals surface area contributed by atoms with Crippen LogP contribution in [0.2, 0.25) is 0 Å². The fourth-order valence-electron chi connectivity index (χ4n) is 2.57. The Hall–Kier alpha value is -1.78. The minimum atomic E-state index is -0.437. The quantitative estimate of drug-likeness (QED) is 0.879. The molecule has 0 fully saturated rings. The summed E-state index contributed by atoms with van der Waals surface area (Å²) >= 11 is 1.82. The zero-order chi connectivity index (χ0) is 14.7. The van der Waals surface area contributed by atoms with Crippen molar-refractivity contribution in [2.45, 2.75) is 17.0 Å². The van der Waals surface area contributed by atoms with E-state index in [1.54, 1.807) is 0 Å². The van der Waals surface area contributed by atoms with Crippen molar-refractivity contribution in [1.29, 1.82) is 0 Å². The van der Waals surface area contributed by atoms with E-state index in [1.807, 2.05) is 54.2 Å². The molecule has 0 spiro atoms. The number of hydrogen-bond acceptors (Lipinski definition) is 4. The lowest BCUT2D eigenvalue weighted by Gasteiger charge is -2.21. The first-order valence-corrected chi connectivity index (χ1v) is 7.88. The average molecular weight is 299 g/mol. The highest BCUT2D eigenvalue weighted by molar-refractivity contribution is 7.99. The van der Waals surface area contributed by atoms with Crippen LogP contribution in [0.3, 0.4) is 0 Å². The zero-order valence-electron chi connectivity index (χ0n) is 11.8. The number of nitrogens with one attached hydrogen (secondary N) is 1. The maximum Gasteiger partial charge on any atom is 0.327 e. The van der Waals surface area contributed by atoms with E-state index in [0.717, 1.165) is 11.3 Å². The normalized spacial score (nSPS) is 18.0. The van der Waals surface area contributed by atoms with Gasteiger partial charge in [0.15, 0.2) is 0 Å². The second-order valence-electron chi connectivity index (χ2n) is 4.93. The van der Waals surface area contributed by atoms with Crippen LogP contribution in [-0.2, 0) is 9.53 Å². The summed E-state index contributed by atoms with van der Waals surface area (Å²) in [6.45, 7) is 0. The van der Waals surface area contributed by atoms with Crippen LogP contribution in [-0.4, -0.2) is 18.8 Å². The molecule has 3 nitrogen and oxygen atoms in total. The molecule has 3 rings (SSSR count). The van der Waals surface area contributed by atoms with E-state index in [1.165, 1.54) is 17.6 Å². The zero-order valence-corrected chi connectivity index (χ0v) is 12.6. The highest BCUT2D eigenvalue weighted by atomic mass is 32.2. The maximum atomic E-state index is 12.1. The summed E-state index contributed by atoms with van der Waals surface area (Å²) in [5, 5.41) is 3.44. The van der Waals surface area contributed by atoms with Gasteiger partial charge in [0.1, 0.15) is 6.04 Å².